The van der Waals surface area contributed by atoms with E-state index in [-0.39, 0.29) is 18.1 Å². The molecule has 3 heterocycles. The molecule has 1 atom stereocenters. The van der Waals surface area contributed by atoms with E-state index in [1.54, 1.807) is 18.3 Å². The maximum absolute atomic E-state index is 12.7. The van der Waals surface area contributed by atoms with Crippen molar-refractivity contribution in [1.29, 1.82) is 0 Å². The van der Waals surface area contributed by atoms with E-state index in [0.29, 0.717) is 18.7 Å². The number of aromatic nitrogens is 2. The fourth-order valence-electron chi connectivity index (χ4n) is 2.53. The number of hydrogen-bond donors (Lipinski definition) is 1. The Bertz CT molecular complexity index is 742. The van der Waals surface area contributed by atoms with Crippen LogP contribution in [0, 0.1) is 0 Å². The first-order valence-corrected chi connectivity index (χ1v) is 7.77. The molecule has 0 radical (unpaired) electrons. The summed E-state index contributed by atoms with van der Waals surface area (Å²) < 4.78 is 43.6. The number of ether oxygens (including phenoxy) is 1. The lowest BCUT2D eigenvalue weighted by Gasteiger charge is -2.23. The zero-order chi connectivity index (χ0) is 17.9. The number of nitrogens with zero attached hydrogens (tertiary/aromatic N) is 2. The van der Waals surface area contributed by atoms with Crippen molar-refractivity contribution in [2.24, 2.45) is 0 Å². The van der Waals surface area contributed by atoms with Crippen molar-refractivity contribution in [2.75, 3.05) is 19.7 Å². The van der Waals surface area contributed by atoms with Gasteiger partial charge in [0.05, 0.1) is 12.3 Å². The topological polar surface area (TPSA) is 64.1 Å². The molecule has 0 saturated carbocycles. The summed E-state index contributed by atoms with van der Waals surface area (Å²) in [6, 6.07) is 5.56. The second kappa shape index (κ2) is 7.28. The second-order valence-electron chi connectivity index (χ2n) is 5.68. The molecule has 0 spiro atoms. The zero-order valence-corrected chi connectivity index (χ0v) is 13.2. The Morgan fingerprint density at radius 1 is 1.28 bits per heavy atom. The third-order valence-electron chi connectivity index (χ3n) is 3.84. The molecule has 1 saturated heterocycles. The van der Waals surface area contributed by atoms with Crippen LogP contribution in [0.2, 0.25) is 0 Å². The molecule has 25 heavy (non-hydrogen) atoms. The Balaban J connectivity index is 1.68. The number of Topliss-reactive ketones (excluding diaryl/α,β-unsaturated/α-hetero) is 1. The number of carbonyl (C=O) groups is 1. The quantitative estimate of drug-likeness (QED) is 0.858. The number of carbonyl (C=O) groups excluding carboxylic acids is 1. The highest BCUT2D eigenvalue weighted by molar-refractivity contribution is 5.97. The van der Waals surface area contributed by atoms with E-state index in [4.69, 9.17) is 4.74 Å². The summed E-state index contributed by atoms with van der Waals surface area (Å²) in [4.78, 5) is 19.8. The Morgan fingerprint density at radius 2 is 2.12 bits per heavy atom. The molecule has 0 aliphatic carbocycles. The smallest absolute Gasteiger partial charge is 0.369 e. The molecule has 0 aromatic carbocycles. The highest BCUT2D eigenvalue weighted by Crippen LogP contribution is 2.28. The molecule has 2 aromatic heterocycles. The lowest BCUT2D eigenvalue weighted by atomic mass is 10.0. The van der Waals surface area contributed by atoms with Crippen molar-refractivity contribution >= 4 is 5.78 Å². The first kappa shape index (κ1) is 17.5. The molecule has 5 nitrogen and oxygen atoms in total. The molecular formula is C17H16F3N3O2. The number of halogens is 3. The van der Waals surface area contributed by atoms with Gasteiger partial charge < -0.3 is 10.1 Å². The molecule has 1 aliphatic heterocycles. The van der Waals surface area contributed by atoms with Gasteiger partial charge in [-0.05, 0) is 23.8 Å². The van der Waals surface area contributed by atoms with Crippen LogP contribution >= 0.6 is 0 Å². The molecule has 3 rings (SSSR count). The van der Waals surface area contributed by atoms with E-state index in [2.05, 4.69) is 15.3 Å². The predicted molar refractivity (Wildman–Crippen MR) is 83.1 cm³/mol. The maximum atomic E-state index is 12.7. The van der Waals surface area contributed by atoms with Gasteiger partial charge in [-0.1, -0.05) is 6.07 Å². The fourth-order valence-corrected chi connectivity index (χ4v) is 2.53. The molecule has 8 heteroatoms. The van der Waals surface area contributed by atoms with Crippen LogP contribution in [-0.4, -0.2) is 35.4 Å². The van der Waals surface area contributed by atoms with Crippen molar-refractivity contribution in [3.8, 4) is 0 Å². The fraction of sp³-hybridized carbons (Fsp3) is 0.353. The largest absolute Gasteiger partial charge is 0.433 e. The minimum atomic E-state index is -4.58. The van der Waals surface area contributed by atoms with Crippen molar-refractivity contribution in [2.45, 2.75) is 18.7 Å². The first-order chi connectivity index (χ1) is 11.9. The van der Waals surface area contributed by atoms with Gasteiger partial charge in [0, 0.05) is 37.5 Å². The van der Waals surface area contributed by atoms with Crippen molar-refractivity contribution in [1.82, 2.24) is 15.3 Å². The van der Waals surface area contributed by atoms with Gasteiger partial charge in [-0.2, -0.15) is 13.2 Å². The first-order valence-electron chi connectivity index (χ1n) is 7.77. The molecule has 132 valence electrons. The zero-order valence-electron chi connectivity index (χ0n) is 13.2. The molecule has 1 unspecified atom stereocenters. The van der Waals surface area contributed by atoms with Crippen molar-refractivity contribution < 1.29 is 22.7 Å². The molecule has 1 aliphatic rings. The number of pyridine rings is 2. The Hall–Kier alpha value is -2.32. The van der Waals surface area contributed by atoms with Gasteiger partial charge in [-0.15, -0.1) is 0 Å². The maximum Gasteiger partial charge on any atom is 0.433 e. The van der Waals surface area contributed by atoms with E-state index in [1.807, 2.05) is 0 Å². The SMILES string of the molecule is O=C(Cc1ccc(C2CNCCO2)nc1)c1ccnc(C(F)(F)F)c1. The molecule has 2 aromatic rings. The summed E-state index contributed by atoms with van der Waals surface area (Å²) in [5.74, 6) is -0.418. The average molecular weight is 351 g/mol. The monoisotopic (exact) mass is 351 g/mol. The minimum absolute atomic E-state index is 0.0220. The van der Waals surface area contributed by atoms with Crippen LogP contribution in [-0.2, 0) is 17.3 Å². The lowest BCUT2D eigenvalue weighted by Crippen LogP contribution is -2.33. The summed E-state index contributed by atoms with van der Waals surface area (Å²) in [6.07, 6.45) is -2.19. The number of ketones is 1. The third-order valence-corrected chi connectivity index (χ3v) is 3.84. The molecule has 0 amide bonds. The van der Waals surface area contributed by atoms with Crippen molar-refractivity contribution in [3.63, 3.8) is 0 Å². The molecular weight excluding hydrogens is 335 g/mol. The van der Waals surface area contributed by atoms with Gasteiger partial charge in [-0.25, -0.2) is 0 Å². The second-order valence-corrected chi connectivity index (χ2v) is 5.68. The summed E-state index contributed by atoms with van der Waals surface area (Å²) in [7, 11) is 0. The third kappa shape index (κ3) is 4.40. The number of rotatable bonds is 4. The summed E-state index contributed by atoms with van der Waals surface area (Å²) in [5.41, 5.74) is 0.287. The molecule has 1 N–H and O–H groups in total. The van der Waals surface area contributed by atoms with Gasteiger partial charge in [-0.3, -0.25) is 14.8 Å². The van der Waals surface area contributed by atoms with E-state index in [0.717, 1.165) is 24.5 Å². The normalized spacial score (nSPS) is 18.1. The number of alkyl halides is 3. The highest BCUT2D eigenvalue weighted by atomic mass is 19.4. The van der Waals surface area contributed by atoms with Gasteiger partial charge in [0.1, 0.15) is 11.8 Å². The van der Waals surface area contributed by atoms with Crippen LogP contribution in [0.1, 0.15) is 33.4 Å². The lowest BCUT2D eigenvalue weighted by molar-refractivity contribution is -0.141. The standard InChI is InChI=1S/C17H16F3N3O2/c18-17(19,20)16-8-12(3-4-22-16)14(24)7-11-1-2-13(23-9-11)15-10-21-5-6-25-15/h1-4,8-9,15,21H,5-7,10H2. The van der Waals surface area contributed by atoms with E-state index in [1.165, 1.54) is 6.07 Å². The highest BCUT2D eigenvalue weighted by Gasteiger charge is 2.32. The van der Waals surface area contributed by atoms with E-state index >= 15 is 0 Å². The molecule has 1 fully saturated rings. The molecule has 0 bridgehead atoms. The van der Waals surface area contributed by atoms with Gasteiger partial charge in [0.25, 0.3) is 0 Å². The Morgan fingerprint density at radius 3 is 2.76 bits per heavy atom. The summed E-state index contributed by atoms with van der Waals surface area (Å²) >= 11 is 0. The van der Waals surface area contributed by atoms with Crippen LogP contribution in [0.5, 0.6) is 0 Å². The van der Waals surface area contributed by atoms with Crippen LogP contribution in [0.3, 0.4) is 0 Å². The van der Waals surface area contributed by atoms with Crippen LogP contribution in [0.4, 0.5) is 13.2 Å². The van der Waals surface area contributed by atoms with Gasteiger partial charge in [0.2, 0.25) is 0 Å². The van der Waals surface area contributed by atoms with Gasteiger partial charge in [0.15, 0.2) is 5.78 Å². The van der Waals surface area contributed by atoms with Crippen LogP contribution in [0.15, 0.2) is 36.7 Å². The summed E-state index contributed by atoms with van der Waals surface area (Å²) in [5, 5.41) is 3.20. The predicted octanol–water partition coefficient (Wildman–Crippen LogP) is 2.58. The number of morpholine rings is 1. The average Bonchev–Trinajstić information content (AvgIpc) is 2.62. The number of hydrogen-bond acceptors (Lipinski definition) is 5. The Kier molecular flexibility index (Phi) is 5.10. The summed E-state index contributed by atoms with van der Waals surface area (Å²) in [6.45, 7) is 2.08. The van der Waals surface area contributed by atoms with Crippen LogP contribution < -0.4 is 5.32 Å². The number of nitrogens with one attached hydrogen (secondary N) is 1. The van der Waals surface area contributed by atoms with Crippen LogP contribution in [0.25, 0.3) is 0 Å². The van der Waals surface area contributed by atoms with Crippen molar-refractivity contribution in [3.05, 3.63) is 59.2 Å². The van der Waals surface area contributed by atoms with E-state index in [9.17, 15) is 18.0 Å². The Labute approximate surface area is 142 Å². The van der Waals surface area contributed by atoms with Gasteiger partial charge >= 0.3 is 6.18 Å². The van der Waals surface area contributed by atoms with E-state index < -0.39 is 17.7 Å². The minimum Gasteiger partial charge on any atom is -0.369 e.